The SMILES string of the molecule is Cc1cccc(NC(=O)NC2CCC(Oc3ccc(OC(F)(F)F)cc3)CC2)c1. The number of amides is 2. The van der Waals surface area contributed by atoms with Crippen LogP contribution in [0.1, 0.15) is 31.2 Å². The van der Waals surface area contributed by atoms with Gasteiger partial charge in [0.1, 0.15) is 11.5 Å². The molecule has 0 aromatic heterocycles. The van der Waals surface area contributed by atoms with E-state index in [1.807, 2.05) is 31.2 Å². The zero-order chi connectivity index (χ0) is 20.9. The maximum Gasteiger partial charge on any atom is 0.573 e. The highest BCUT2D eigenvalue weighted by Gasteiger charge is 2.31. The monoisotopic (exact) mass is 408 g/mol. The van der Waals surface area contributed by atoms with Crippen molar-refractivity contribution in [2.45, 2.75) is 51.1 Å². The molecule has 2 aromatic rings. The molecule has 0 unspecified atom stereocenters. The molecule has 5 nitrogen and oxygen atoms in total. The molecule has 3 rings (SSSR count). The zero-order valence-corrected chi connectivity index (χ0v) is 16.0. The third kappa shape index (κ3) is 6.89. The first-order valence-electron chi connectivity index (χ1n) is 9.43. The van der Waals surface area contributed by atoms with Crippen molar-refractivity contribution in [1.29, 1.82) is 0 Å². The number of halogens is 3. The van der Waals surface area contributed by atoms with Crippen LogP contribution in [0, 0.1) is 6.92 Å². The number of carbonyl (C=O) groups excluding carboxylic acids is 1. The topological polar surface area (TPSA) is 59.6 Å². The van der Waals surface area contributed by atoms with Crippen molar-refractivity contribution in [3.63, 3.8) is 0 Å². The lowest BCUT2D eigenvalue weighted by Crippen LogP contribution is -2.41. The molecule has 2 amide bonds. The van der Waals surface area contributed by atoms with Gasteiger partial charge in [-0.2, -0.15) is 0 Å². The first kappa shape index (κ1) is 20.8. The normalized spacial score (nSPS) is 19.3. The van der Waals surface area contributed by atoms with Crippen molar-refractivity contribution in [3.05, 3.63) is 54.1 Å². The van der Waals surface area contributed by atoms with Crippen molar-refractivity contribution in [2.24, 2.45) is 0 Å². The molecule has 8 heteroatoms. The largest absolute Gasteiger partial charge is 0.573 e. The number of ether oxygens (including phenoxy) is 2. The fraction of sp³-hybridized carbons (Fsp3) is 0.381. The summed E-state index contributed by atoms with van der Waals surface area (Å²) in [4.78, 5) is 12.2. The third-order valence-electron chi connectivity index (χ3n) is 4.65. The Kier molecular flexibility index (Phi) is 6.51. The van der Waals surface area contributed by atoms with E-state index >= 15 is 0 Å². The van der Waals surface area contributed by atoms with Gasteiger partial charge in [0.2, 0.25) is 0 Å². The standard InChI is InChI=1S/C21H23F3N2O3/c1-14-3-2-4-16(13-14)26-20(27)25-15-5-7-17(8-6-15)28-18-9-11-19(12-10-18)29-21(22,23)24/h2-4,9-13,15,17H,5-8H2,1H3,(H2,25,26,27). The van der Waals surface area contributed by atoms with E-state index in [1.165, 1.54) is 24.3 Å². The summed E-state index contributed by atoms with van der Waals surface area (Å²) < 4.78 is 46.3. The highest BCUT2D eigenvalue weighted by atomic mass is 19.4. The summed E-state index contributed by atoms with van der Waals surface area (Å²) in [5, 5.41) is 5.80. The second kappa shape index (κ2) is 9.07. The molecule has 1 aliphatic carbocycles. The highest BCUT2D eigenvalue weighted by molar-refractivity contribution is 5.89. The fourth-order valence-electron chi connectivity index (χ4n) is 3.31. The quantitative estimate of drug-likeness (QED) is 0.696. The summed E-state index contributed by atoms with van der Waals surface area (Å²) in [5.74, 6) is 0.213. The molecular formula is C21H23F3N2O3. The Morgan fingerprint density at radius 3 is 2.28 bits per heavy atom. The molecule has 0 bridgehead atoms. The minimum atomic E-state index is -4.71. The number of urea groups is 1. The molecule has 0 spiro atoms. The van der Waals surface area contributed by atoms with E-state index in [0.717, 1.165) is 36.9 Å². The molecule has 2 N–H and O–H groups in total. The van der Waals surface area contributed by atoms with Crippen LogP contribution in [-0.2, 0) is 0 Å². The Balaban J connectivity index is 1.41. The van der Waals surface area contributed by atoms with E-state index in [4.69, 9.17) is 4.74 Å². The van der Waals surface area contributed by atoms with Crippen molar-refractivity contribution < 1.29 is 27.4 Å². The van der Waals surface area contributed by atoms with Gasteiger partial charge >= 0.3 is 12.4 Å². The highest BCUT2D eigenvalue weighted by Crippen LogP contribution is 2.27. The molecule has 0 saturated heterocycles. The minimum Gasteiger partial charge on any atom is -0.490 e. The number of hydrogen-bond donors (Lipinski definition) is 2. The predicted octanol–water partition coefficient (Wildman–Crippen LogP) is 5.41. The summed E-state index contributed by atoms with van der Waals surface area (Å²) in [6.07, 6.45) is -1.73. The first-order valence-corrected chi connectivity index (χ1v) is 9.43. The van der Waals surface area contributed by atoms with Gasteiger partial charge in [0, 0.05) is 11.7 Å². The molecule has 0 heterocycles. The van der Waals surface area contributed by atoms with Crippen molar-refractivity contribution >= 4 is 11.7 Å². The summed E-state index contributed by atoms with van der Waals surface area (Å²) >= 11 is 0. The number of nitrogens with one attached hydrogen (secondary N) is 2. The molecule has 0 aliphatic heterocycles. The molecular weight excluding hydrogens is 385 g/mol. The summed E-state index contributed by atoms with van der Waals surface area (Å²) in [7, 11) is 0. The van der Waals surface area contributed by atoms with Crippen molar-refractivity contribution in [2.75, 3.05) is 5.32 Å². The van der Waals surface area contributed by atoms with Crippen LogP contribution in [0.2, 0.25) is 0 Å². The van der Waals surface area contributed by atoms with Crippen LogP contribution in [0.3, 0.4) is 0 Å². The summed E-state index contributed by atoms with van der Waals surface area (Å²) in [6.45, 7) is 1.96. The average Bonchev–Trinajstić information content (AvgIpc) is 2.64. The molecule has 1 fully saturated rings. The summed E-state index contributed by atoms with van der Waals surface area (Å²) in [6, 6.07) is 12.8. The van der Waals surface area contributed by atoms with Gasteiger partial charge in [-0.05, 0) is 74.6 Å². The number of anilines is 1. The molecule has 0 atom stereocenters. The molecule has 0 radical (unpaired) electrons. The number of aryl methyl sites for hydroxylation is 1. The Morgan fingerprint density at radius 2 is 1.66 bits per heavy atom. The first-order chi connectivity index (χ1) is 13.8. The van der Waals surface area contributed by atoms with Crippen molar-refractivity contribution in [1.82, 2.24) is 5.32 Å². The van der Waals surface area contributed by atoms with Crippen LogP contribution < -0.4 is 20.1 Å². The second-order valence-electron chi connectivity index (χ2n) is 7.08. The Labute approximate surface area is 167 Å². The molecule has 29 heavy (non-hydrogen) atoms. The molecule has 1 saturated carbocycles. The van der Waals surface area contributed by atoms with E-state index < -0.39 is 6.36 Å². The number of alkyl halides is 3. The van der Waals surface area contributed by atoms with Gasteiger partial charge in [-0.25, -0.2) is 4.79 Å². The summed E-state index contributed by atoms with van der Waals surface area (Å²) in [5.41, 5.74) is 1.82. The number of carbonyl (C=O) groups is 1. The lowest BCUT2D eigenvalue weighted by Gasteiger charge is -2.29. The van der Waals surface area contributed by atoms with Gasteiger partial charge in [-0.1, -0.05) is 12.1 Å². The lowest BCUT2D eigenvalue weighted by molar-refractivity contribution is -0.274. The van der Waals surface area contributed by atoms with Crippen LogP contribution in [0.4, 0.5) is 23.7 Å². The van der Waals surface area contributed by atoms with Gasteiger partial charge in [0.25, 0.3) is 0 Å². The predicted molar refractivity (Wildman–Crippen MR) is 103 cm³/mol. The van der Waals surface area contributed by atoms with Crippen molar-refractivity contribution in [3.8, 4) is 11.5 Å². The van der Waals surface area contributed by atoms with Crippen LogP contribution in [0.5, 0.6) is 11.5 Å². The van der Waals surface area contributed by atoms with Crippen LogP contribution in [0.15, 0.2) is 48.5 Å². The van der Waals surface area contributed by atoms with Crippen LogP contribution >= 0.6 is 0 Å². The maximum absolute atomic E-state index is 12.2. The third-order valence-corrected chi connectivity index (χ3v) is 4.65. The van der Waals surface area contributed by atoms with Gasteiger partial charge in [-0.3, -0.25) is 0 Å². The Morgan fingerprint density at radius 1 is 1.00 bits per heavy atom. The van der Waals surface area contributed by atoms with E-state index in [9.17, 15) is 18.0 Å². The Bertz CT molecular complexity index is 817. The smallest absolute Gasteiger partial charge is 0.490 e. The Hall–Kier alpha value is -2.90. The van der Waals surface area contributed by atoms with Gasteiger partial charge < -0.3 is 20.1 Å². The van der Waals surface area contributed by atoms with E-state index in [2.05, 4.69) is 15.4 Å². The maximum atomic E-state index is 12.2. The van der Waals surface area contributed by atoms with E-state index in [0.29, 0.717) is 5.75 Å². The molecule has 156 valence electrons. The van der Waals surface area contributed by atoms with E-state index in [-0.39, 0.29) is 23.9 Å². The van der Waals surface area contributed by atoms with Crippen LogP contribution in [-0.4, -0.2) is 24.5 Å². The van der Waals surface area contributed by atoms with Gasteiger partial charge in [-0.15, -0.1) is 13.2 Å². The average molecular weight is 408 g/mol. The lowest BCUT2D eigenvalue weighted by atomic mass is 9.93. The van der Waals surface area contributed by atoms with E-state index in [1.54, 1.807) is 0 Å². The number of benzene rings is 2. The fourth-order valence-corrected chi connectivity index (χ4v) is 3.31. The number of rotatable bonds is 5. The van der Waals surface area contributed by atoms with Crippen LogP contribution in [0.25, 0.3) is 0 Å². The van der Waals surface area contributed by atoms with Gasteiger partial charge in [0.15, 0.2) is 0 Å². The molecule has 2 aromatic carbocycles. The van der Waals surface area contributed by atoms with Gasteiger partial charge in [0.05, 0.1) is 6.10 Å². The number of hydrogen-bond acceptors (Lipinski definition) is 3. The minimum absolute atomic E-state index is 0.0396. The molecule has 1 aliphatic rings. The second-order valence-corrected chi connectivity index (χ2v) is 7.08. The zero-order valence-electron chi connectivity index (χ0n) is 16.0.